The Morgan fingerprint density at radius 3 is 2.96 bits per heavy atom. The van der Waals surface area contributed by atoms with E-state index in [1.54, 1.807) is 24.9 Å². The molecule has 1 amide bonds. The molecule has 0 spiro atoms. The molecule has 120 valence electrons. The van der Waals surface area contributed by atoms with Gasteiger partial charge in [-0.25, -0.2) is 4.68 Å². The Kier molecular flexibility index (Phi) is 4.52. The molecule has 1 aliphatic carbocycles. The van der Waals surface area contributed by atoms with Crippen LogP contribution in [0.5, 0.6) is 0 Å². The highest BCUT2D eigenvalue weighted by Crippen LogP contribution is 2.28. The Morgan fingerprint density at radius 1 is 1.39 bits per heavy atom. The van der Waals surface area contributed by atoms with Crippen LogP contribution < -0.4 is 10.9 Å². The standard InChI is InChI=1S/C17H19N3O2S/c1-20-16(21)10-12-9-11(7-8-13(12)19-20)17(22)18-14-5-3-4-6-15(14)23-2/h3-6,10-11H,7-9H2,1-2H3,(H,18,22). The van der Waals surface area contributed by atoms with Crippen molar-refractivity contribution in [1.82, 2.24) is 9.78 Å². The van der Waals surface area contributed by atoms with Crippen LogP contribution in [0.15, 0.2) is 40.0 Å². The number of rotatable bonds is 3. The van der Waals surface area contributed by atoms with Crippen LogP contribution in [0.25, 0.3) is 0 Å². The number of hydrogen-bond donors (Lipinski definition) is 1. The number of anilines is 1. The van der Waals surface area contributed by atoms with E-state index in [1.807, 2.05) is 30.5 Å². The number of hydrogen-bond acceptors (Lipinski definition) is 4. The largest absolute Gasteiger partial charge is 0.325 e. The van der Waals surface area contributed by atoms with Crippen molar-refractivity contribution in [2.45, 2.75) is 24.2 Å². The van der Waals surface area contributed by atoms with Crippen LogP contribution in [0.1, 0.15) is 17.7 Å². The second kappa shape index (κ2) is 6.58. The number of aromatic nitrogens is 2. The van der Waals surface area contributed by atoms with Gasteiger partial charge < -0.3 is 5.32 Å². The fourth-order valence-corrected chi connectivity index (χ4v) is 3.45. The van der Waals surface area contributed by atoms with Crippen LogP contribution in [0.3, 0.4) is 0 Å². The summed E-state index contributed by atoms with van der Waals surface area (Å²) in [7, 11) is 1.65. The first-order valence-electron chi connectivity index (χ1n) is 7.58. The molecule has 5 nitrogen and oxygen atoms in total. The van der Waals surface area contributed by atoms with Crippen LogP contribution >= 0.6 is 11.8 Å². The second-order valence-electron chi connectivity index (χ2n) is 5.71. The first-order chi connectivity index (χ1) is 11.1. The molecule has 23 heavy (non-hydrogen) atoms. The average Bonchev–Trinajstić information content (AvgIpc) is 2.56. The molecule has 1 N–H and O–H groups in total. The lowest BCUT2D eigenvalue weighted by molar-refractivity contribution is -0.120. The lowest BCUT2D eigenvalue weighted by atomic mass is 9.86. The molecule has 0 bridgehead atoms. The first-order valence-corrected chi connectivity index (χ1v) is 8.81. The zero-order valence-corrected chi connectivity index (χ0v) is 14.0. The van der Waals surface area contributed by atoms with Gasteiger partial charge in [-0.05, 0) is 43.2 Å². The van der Waals surface area contributed by atoms with Crippen molar-refractivity contribution in [2.75, 3.05) is 11.6 Å². The van der Waals surface area contributed by atoms with Gasteiger partial charge in [0.2, 0.25) is 5.91 Å². The molecule has 0 radical (unpaired) electrons. The van der Waals surface area contributed by atoms with E-state index in [0.29, 0.717) is 6.42 Å². The minimum atomic E-state index is -0.127. The van der Waals surface area contributed by atoms with Gasteiger partial charge in [0.25, 0.3) is 5.56 Å². The van der Waals surface area contributed by atoms with E-state index in [2.05, 4.69) is 10.4 Å². The predicted octanol–water partition coefficient (Wildman–Crippen LogP) is 2.25. The second-order valence-corrected chi connectivity index (χ2v) is 6.56. The molecule has 1 atom stereocenters. The van der Waals surface area contributed by atoms with Gasteiger partial charge in [-0.2, -0.15) is 5.10 Å². The molecule has 0 saturated carbocycles. The number of nitrogens with one attached hydrogen (secondary N) is 1. The number of carbonyl (C=O) groups excluding carboxylic acids is 1. The van der Waals surface area contributed by atoms with Crippen molar-refractivity contribution in [3.8, 4) is 0 Å². The lowest BCUT2D eigenvalue weighted by Gasteiger charge is -2.23. The quantitative estimate of drug-likeness (QED) is 0.877. The van der Waals surface area contributed by atoms with Crippen LogP contribution in [0.2, 0.25) is 0 Å². The van der Waals surface area contributed by atoms with E-state index in [9.17, 15) is 9.59 Å². The number of benzene rings is 1. The number of amides is 1. The Hall–Kier alpha value is -2.08. The van der Waals surface area contributed by atoms with Crippen molar-refractivity contribution in [3.05, 3.63) is 51.9 Å². The van der Waals surface area contributed by atoms with Crippen molar-refractivity contribution in [3.63, 3.8) is 0 Å². The monoisotopic (exact) mass is 329 g/mol. The summed E-state index contributed by atoms with van der Waals surface area (Å²) in [6.45, 7) is 0. The number of thioether (sulfide) groups is 1. The molecule has 1 unspecified atom stereocenters. The molecule has 1 aromatic heterocycles. The fraction of sp³-hybridized carbons (Fsp3) is 0.353. The third kappa shape index (κ3) is 3.32. The summed E-state index contributed by atoms with van der Waals surface area (Å²) < 4.78 is 1.36. The first kappa shape index (κ1) is 15.8. The summed E-state index contributed by atoms with van der Waals surface area (Å²) in [5.41, 5.74) is 2.55. The Bertz CT molecular complexity index is 801. The van der Waals surface area contributed by atoms with Crippen LogP contribution in [0, 0.1) is 5.92 Å². The third-order valence-corrected chi connectivity index (χ3v) is 4.99. The van der Waals surface area contributed by atoms with Gasteiger partial charge in [0.1, 0.15) is 0 Å². The van der Waals surface area contributed by atoms with Crippen molar-refractivity contribution in [1.29, 1.82) is 0 Å². The van der Waals surface area contributed by atoms with E-state index in [1.165, 1.54) is 4.68 Å². The van der Waals surface area contributed by atoms with E-state index in [-0.39, 0.29) is 17.4 Å². The van der Waals surface area contributed by atoms with Gasteiger partial charge >= 0.3 is 0 Å². The summed E-state index contributed by atoms with van der Waals surface area (Å²) in [5.74, 6) is -0.107. The number of para-hydroxylation sites is 1. The van der Waals surface area contributed by atoms with E-state index < -0.39 is 0 Å². The minimum absolute atomic E-state index is 0.0119. The SMILES string of the molecule is CSc1ccccc1NC(=O)C1CCc2nn(C)c(=O)cc2C1. The summed E-state index contributed by atoms with van der Waals surface area (Å²) in [5, 5.41) is 7.31. The normalized spacial score (nSPS) is 16.7. The minimum Gasteiger partial charge on any atom is -0.325 e. The van der Waals surface area contributed by atoms with Crippen molar-refractivity contribution < 1.29 is 4.79 Å². The Morgan fingerprint density at radius 2 is 2.17 bits per heavy atom. The van der Waals surface area contributed by atoms with Crippen LogP contribution in [0.4, 0.5) is 5.69 Å². The maximum atomic E-state index is 12.6. The maximum Gasteiger partial charge on any atom is 0.266 e. The van der Waals surface area contributed by atoms with Crippen molar-refractivity contribution in [2.24, 2.45) is 13.0 Å². The van der Waals surface area contributed by atoms with Gasteiger partial charge in [-0.3, -0.25) is 9.59 Å². The van der Waals surface area contributed by atoms with Gasteiger partial charge in [-0.15, -0.1) is 11.8 Å². The molecule has 3 rings (SSSR count). The molecule has 0 fully saturated rings. The molecule has 2 aromatic rings. The number of aryl methyl sites for hydroxylation is 2. The molecule has 6 heteroatoms. The Labute approximate surface area is 139 Å². The maximum absolute atomic E-state index is 12.6. The van der Waals surface area contributed by atoms with Crippen molar-refractivity contribution >= 4 is 23.4 Å². The molecule has 1 aliphatic rings. The van der Waals surface area contributed by atoms with Crippen LogP contribution in [-0.4, -0.2) is 21.9 Å². The van der Waals surface area contributed by atoms with Gasteiger partial charge in [0, 0.05) is 23.9 Å². The van der Waals surface area contributed by atoms with Gasteiger partial charge in [-0.1, -0.05) is 12.1 Å². The summed E-state index contributed by atoms with van der Waals surface area (Å²) in [6.07, 6.45) is 4.05. The highest BCUT2D eigenvalue weighted by Gasteiger charge is 2.26. The summed E-state index contributed by atoms with van der Waals surface area (Å²) in [4.78, 5) is 25.4. The molecular weight excluding hydrogens is 310 g/mol. The number of carbonyl (C=O) groups is 1. The van der Waals surface area contributed by atoms with Crippen LogP contribution in [-0.2, 0) is 24.7 Å². The molecule has 1 aromatic carbocycles. The molecule has 0 saturated heterocycles. The van der Waals surface area contributed by atoms with Gasteiger partial charge in [0.05, 0.1) is 11.4 Å². The average molecular weight is 329 g/mol. The van der Waals surface area contributed by atoms with E-state index in [4.69, 9.17) is 0 Å². The third-order valence-electron chi connectivity index (χ3n) is 4.19. The number of nitrogens with zero attached hydrogens (tertiary/aromatic N) is 2. The zero-order chi connectivity index (χ0) is 16.4. The Balaban J connectivity index is 1.77. The van der Waals surface area contributed by atoms with E-state index >= 15 is 0 Å². The highest BCUT2D eigenvalue weighted by atomic mass is 32.2. The highest BCUT2D eigenvalue weighted by molar-refractivity contribution is 7.98. The zero-order valence-electron chi connectivity index (χ0n) is 13.2. The summed E-state index contributed by atoms with van der Waals surface area (Å²) >= 11 is 1.61. The van der Waals surface area contributed by atoms with E-state index in [0.717, 1.165) is 34.7 Å². The topological polar surface area (TPSA) is 64.0 Å². The summed E-state index contributed by atoms with van der Waals surface area (Å²) in [6, 6.07) is 9.39. The fourth-order valence-electron chi connectivity index (χ4n) is 2.89. The lowest BCUT2D eigenvalue weighted by Crippen LogP contribution is -2.31. The smallest absolute Gasteiger partial charge is 0.266 e. The predicted molar refractivity (Wildman–Crippen MR) is 91.8 cm³/mol. The van der Waals surface area contributed by atoms with Gasteiger partial charge in [0.15, 0.2) is 0 Å². The molecular formula is C17H19N3O2S. The molecule has 1 heterocycles. The molecule has 0 aliphatic heterocycles. The number of fused-ring (bicyclic) bond motifs is 1.